The molecule has 2 aromatic carbocycles. The number of amides is 1. The van der Waals surface area contributed by atoms with Crippen LogP contribution in [0.1, 0.15) is 10.6 Å². The molecule has 1 N–H and O–H groups in total. The molecule has 0 spiro atoms. The Balaban J connectivity index is 1.38. The van der Waals surface area contributed by atoms with E-state index in [1.807, 2.05) is 65.2 Å². The number of benzene rings is 2. The van der Waals surface area contributed by atoms with Gasteiger partial charge in [0.2, 0.25) is 0 Å². The molecule has 0 bridgehead atoms. The Kier molecular flexibility index (Phi) is 4.14. The van der Waals surface area contributed by atoms with Crippen LogP contribution in [0.2, 0.25) is 0 Å². The second kappa shape index (κ2) is 7.09. The summed E-state index contributed by atoms with van der Waals surface area (Å²) in [5.74, 6) is 0.664. The molecule has 3 heterocycles. The van der Waals surface area contributed by atoms with E-state index in [4.69, 9.17) is 4.42 Å². The number of para-hydroxylation sites is 2. The van der Waals surface area contributed by atoms with Crippen LogP contribution in [0, 0.1) is 0 Å². The lowest BCUT2D eigenvalue weighted by molar-refractivity contribution is 0.0997. The Morgan fingerprint density at radius 3 is 2.55 bits per heavy atom. The Morgan fingerprint density at radius 1 is 0.897 bits per heavy atom. The number of nitrogens with zero attached hydrogens (tertiary/aromatic N) is 3. The van der Waals surface area contributed by atoms with E-state index in [1.165, 1.54) is 6.26 Å². The summed E-state index contributed by atoms with van der Waals surface area (Å²) < 4.78 is 7.34. The molecule has 0 atom stereocenters. The van der Waals surface area contributed by atoms with Gasteiger partial charge in [-0.3, -0.25) is 9.36 Å². The maximum absolute atomic E-state index is 12.7. The molecule has 5 aromatic rings. The predicted molar refractivity (Wildman–Crippen MR) is 111 cm³/mol. The molecule has 0 aliphatic carbocycles. The molecule has 5 rings (SSSR count). The summed E-state index contributed by atoms with van der Waals surface area (Å²) in [5.41, 5.74) is 4.13. The van der Waals surface area contributed by atoms with Gasteiger partial charge in [-0.2, -0.15) is 0 Å². The number of nitrogens with one attached hydrogen (secondary N) is 1. The largest absolute Gasteiger partial charge is 0.459 e. The molecule has 6 nitrogen and oxygen atoms in total. The van der Waals surface area contributed by atoms with Crippen molar-refractivity contribution >= 4 is 22.6 Å². The highest BCUT2D eigenvalue weighted by Crippen LogP contribution is 2.25. The van der Waals surface area contributed by atoms with Crippen LogP contribution in [0.25, 0.3) is 28.0 Å². The maximum Gasteiger partial charge on any atom is 0.292 e. The minimum atomic E-state index is -0.323. The van der Waals surface area contributed by atoms with Crippen molar-refractivity contribution in [3.63, 3.8) is 0 Å². The number of rotatable bonds is 4. The number of aromatic nitrogens is 3. The molecule has 0 fully saturated rings. The zero-order valence-electron chi connectivity index (χ0n) is 15.3. The van der Waals surface area contributed by atoms with Crippen molar-refractivity contribution in [1.82, 2.24) is 14.5 Å². The lowest BCUT2D eigenvalue weighted by Gasteiger charge is -2.07. The molecular formula is C23H16N4O2. The minimum absolute atomic E-state index is 0.265. The third kappa shape index (κ3) is 3.17. The molecule has 0 unspecified atom stereocenters. The summed E-state index contributed by atoms with van der Waals surface area (Å²) in [6.07, 6.45) is 4.87. The molecule has 140 valence electrons. The molecule has 0 radical (unpaired) electrons. The average Bonchev–Trinajstić information content (AvgIpc) is 3.43. The molecular weight excluding hydrogens is 364 g/mol. The molecule has 3 aromatic heterocycles. The fourth-order valence-electron chi connectivity index (χ4n) is 3.26. The van der Waals surface area contributed by atoms with E-state index in [2.05, 4.69) is 15.3 Å². The second-order valence-corrected chi connectivity index (χ2v) is 6.49. The minimum Gasteiger partial charge on any atom is -0.459 e. The number of furan rings is 1. The number of anilines is 1. The van der Waals surface area contributed by atoms with Gasteiger partial charge in [0, 0.05) is 5.56 Å². The highest BCUT2D eigenvalue weighted by molar-refractivity contribution is 6.06. The molecule has 29 heavy (non-hydrogen) atoms. The standard InChI is InChI=1S/C23H16N4O2/c28-23(22-18(12-13-29-22)16-6-2-1-3-7-16)26-17-10-11-21(24-14-17)27-15-25-19-8-4-5-9-20(19)27/h1-15H,(H,26,28). The van der Waals surface area contributed by atoms with E-state index in [-0.39, 0.29) is 11.7 Å². The van der Waals surface area contributed by atoms with Gasteiger partial charge in [0.15, 0.2) is 5.76 Å². The molecule has 0 aliphatic heterocycles. The topological polar surface area (TPSA) is 73.0 Å². The molecule has 0 aliphatic rings. The number of hydrogen-bond acceptors (Lipinski definition) is 4. The Bertz CT molecular complexity index is 1290. The summed E-state index contributed by atoms with van der Waals surface area (Å²) in [4.78, 5) is 21.6. The molecule has 0 saturated carbocycles. The number of fused-ring (bicyclic) bond motifs is 1. The lowest BCUT2D eigenvalue weighted by Crippen LogP contribution is -2.12. The third-order valence-corrected chi connectivity index (χ3v) is 4.66. The van der Waals surface area contributed by atoms with E-state index in [0.29, 0.717) is 5.69 Å². The summed E-state index contributed by atoms with van der Waals surface area (Å²) in [5, 5.41) is 2.84. The maximum atomic E-state index is 12.7. The number of pyridine rings is 1. The number of hydrogen-bond donors (Lipinski definition) is 1. The second-order valence-electron chi connectivity index (χ2n) is 6.49. The summed E-state index contributed by atoms with van der Waals surface area (Å²) >= 11 is 0. The molecule has 1 amide bonds. The number of carbonyl (C=O) groups excluding carboxylic acids is 1. The van der Waals surface area contributed by atoms with Gasteiger partial charge in [-0.25, -0.2) is 9.97 Å². The van der Waals surface area contributed by atoms with Crippen molar-refractivity contribution in [3.8, 4) is 16.9 Å². The van der Waals surface area contributed by atoms with Gasteiger partial charge in [-0.1, -0.05) is 42.5 Å². The van der Waals surface area contributed by atoms with Crippen molar-refractivity contribution < 1.29 is 9.21 Å². The van der Waals surface area contributed by atoms with Crippen molar-refractivity contribution in [3.05, 3.63) is 97.3 Å². The van der Waals surface area contributed by atoms with Crippen molar-refractivity contribution in [1.29, 1.82) is 0 Å². The predicted octanol–water partition coefficient (Wildman–Crippen LogP) is 4.93. The number of imidazole rings is 1. The van der Waals surface area contributed by atoms with Gasteiger partial charge in [-0.05, 0) is 35.9 Å². The Labute approximate surface area is 166 Å². The van der Waals surface area contributed by atoms with E-state index in [1.54, 1.807) is 24.7 Å². The van der Waals surface area contributed by atoms with E-state index >= 15 is 0 Å². The zero-order valence-corrected chi connectivity index (χ0v) is 15.3. The Hall–Kier alpha value is -4.19. The van der Waals surface area contributed by atoms with Crippen LogP contribution in [0.15, 0.2) is 96.0 Å². The number of carbonyl (C=O) groups is 1. The Morgan fingerprint density at radius 2 is 1.72 bits per heavy atom. The van der Waals surface area contributed by atoms with Crippen LogP contribution in [0.4, 0.5) is 5.69 Å². The first kappa shape index (κ1) is 16.9. The van der Waals surface area contributed by atoms with Crippen LogP contribution >= 0.6 is 0 Å². The summed E-state index contributed by atoms with van der Waals surface area (Å²) in [7, 11) is 0. The first-order chi connectivity index (χ1) is 14.3. The van der Waals surface area contributed by atoms with Gasteiger partial charge in [0.1, 0.15) is 12.1 Å². The van der Waals surface area contributed by atoms with Crippen LogP contribution in [0.3, 0.4) is 0 Å². The first-order valence-electron chi connectivity index (χ1n) is 9.12. The van der Waals surface area contributed by atoms with Gasteiger partial charge in [-0.15, -0.1) is 0 Å². The highest BCUT2D eigenvalue weighted by Gasteiger charge is 2.17. The monoisotopic (exact) mass is 380 g/mol. The summed E-state index contributed by atoms with van der Waals surface area (Å²) in [6, 6.07) is 22.9. The third-order valence-electron chi connectivity index (χ3n) is 4.66. The SMILES string of the molecule is O=C(Nc1ccc(-n2cnc3ccccc32)nc1)c1occc1-c1ccccc1. The highest BCUT2D eigenvalue weighted by atomic mass is 16.3. The van der Waals surface area contributed by atoms with E-state index in [9.17, 15) is 4.79 Å². The van der Waals surface area contributed by atoms with Crippen LogP contribution in [-0.2, 0) is 0 Å². The summed E-state index contributed by atoms with van der Waals surface area (Å²) in [6.45, 7) is 0. The zero-order chi connectivity index (χ0) is 19.6. The van der Waals surface area contributed by atoms with Crippen molar-refractivity contribution in [2.75, 3.05) is 5.32 Å². The van der Waals surface area contributed by atoms with Gasteiger partial charge >= 0.3 is 0 Å². The van der Waals surface area contributed by atoms with E-state index < -0.39 is 0 Å². The van der Waals surface area contributed by atoms with Gasteiger partial charge in [0.25, 0.3) is 5.91 Å². The van der Waals surface area contributed by atoms with Crippen LogP contribution in [-0.4, -0.2) is 20.4 Å². The normalized spacial score (nSPS) is 10.9. The average molecular weight is 380 g/mol. The van der Waals surface area contributed by atoms with E-state index in [0.717, 1.165) is 28.0 Å². The fourth-order valence-corrected chi connectivity index (χ4v) is 3.26. The van der Waals surface area contributed by atoms with Crippen LogP contribution in [0.5, 0.6) is 0 Å². The first-order valence-corrected chi connectivity index (χ1v) is 9.12. The molecule has 6 heteroatoms. The van der Waals surface area contributed by atoms with Crippen molar-refractivity contribution in [2.24, 2.45) is 0 Å². The smallest absolute Gasteiger partial charge is 0.292 e. The molecule has 0 saturated heterocycles. The van der Waals surface area contributed by atoms with Crippen molar-refractivity contribution in [2.45, 2.75) is 0 Å². The fraction of sp³-hybridized carbons (Fsp3) is 0. The van der Waals surface area contributed by atoms with Gasteiger partial charge < -0.3 is 9.73 Å². The quantitative estimate of drug-likeness (QED) is 0.480. The lowest BCUT2D eigenvalue weighted by atomic mass is 10.1. The van der Waals surface area contributed by atoms with Crippen LogP contribution < -0.4 is 5.32 Å². The van der Waals surface area contributed by atoms with Gasteiger partial charge in [0.05, 0.1) is 29.2 Å².